The van der Waals surface area contributed by atoms with Crippen LogP contribution in [0, 0.1) is 0 Å². The molecular weight excluding hydrogens is 234 g/mol. The Morgan fingerprint density at radius 3 is 2.81 bits per heavy atom. The fourth-order valence-corrected chi connectivity index (χ4v) is 2.23. The average molecular weight is 249 g/mol. The quantitative estimate of drug-likeness (QED) is 0.647. The first-order valence-electron chi connectivity index (χ1n) is 5.08. The molecule has 16 heavy (non-hydrogen) atoms. The predicted octanol–water partition coefficient (Wildman–Crippen LogP) is 0.129. The van der Waals surface area contributed by atoms with Gasteiger partial charge >= 0.3 is 5.97 Å². The minimum Gasteiger partial charge on any atom is -0.461 e. The molecule has 0 bridgehead atoms. The van der Waals surface area contributed by atoms with Crippen molar-refractivity contribution in [3.05, 3.63) is 0 Å². The minimum absolute atomic E-state index is 0.0571. The lowest BCUT2D eigenvalue weighted by Crippen LogP contribution is -2.24. The molecule has 6 nitrogen and oxygen atoms in total. The highest BCUT2D eigenvalue weighted by atomic mass is 32.2. The Labute approximate surface area is 94.5 Å². The SMILES string of the molecule is CCOC(=O)C1=NO[C@@H](CS(=O)(=O)CC)C1. The van der Waals surface area contributed by atoms with Crippen LogP contribution in [-0.2, 0) is 24.2 Å². The van der Waals surface area contributed by atoms with E-state index in [2.05, 4.69) is 5.16 Å². The van der Waals surface area contributed by atoms with Gasteiger partial charge in [-0.2, -0.15) is 0 Å². The van der Waals surface area contributed by atoms with Crippen LogP contribution < -0.4 is 0 Å². The van der Waals surface area contributed by atoms with Crippen molar-refractivity contribution in [2.24, 2.45) is 5.16 Å². The topological polar surface area (TPSA) is 82.0 Å². The van der Waals surface area contributed by atoms with Crippen molar-refractivity contribution < 1.29 is 22.8 Å². The molecule has 0 radical (unpaired) electrons. The van der Waals surface area contributed by atoms with E-state index in [4.69, 9.17) is 9.57 Å². The maximum absolute atomic E-state index is 11.3. The van der Waals surface area contributed by atoms with Gasteiger partial charge in [-0.3, -0.25) is 0 Å². The molecule has 0 aliphatic carbocycles. The predicted molar refractivity (Wildman–Crippen MR) is 57.9 cm³/mol. The molecule has 0 aromatic heterocycles. The Morgan fingerprint density at radius 1 is 1.56 bits per heavy atom. The molecule has 0 unspecified atom stereocenters. The van der Waals surface area contributed by atoms with Crippen LogP contribution in [0.15, 0.2) is 5.16 Å². The van der Waals surface area contributed by atoms with Gasteiger partial charge in [0.1, 0.15) is 6.10 Å². The summed E-state index contributed by atoms with van der Waals surface area (Å²) in [7, 11) is -3.11. The minimum atomic E-state index is -3.11. The van der Waals surface area contributed by atoms with Gasteiger partial charge in [-0.05, 0) is 6.92 Å². The lowest BCUT2D eigenvalue weighted by atomic mass is 10.2. The molecule has 0 N–H and O–H groups in total. The molecule has 92 valence electrons. The van der Waals surface area contributed by atoms with Crippen LogP contribution in [-0.4, -0.2) is 44.3 Å². The van der Waals surface area contributed by atoms with Crippen molar-refractivity contribution in [1.29, 1.82) is 0 Å². The van der Waals surface area contributed by atoms with Gasteiger partial charge in [-0.15, -0.1) is 0 Å². The Balaban J connectivity index is 2.48. The Hall–Kier alpha value is -1.11. The van der Waals surface area contributed by atoms with E-state index in [0.717, 1.165) is 0 Å². The average Bonchev–Trinajstić information content (AvgIpc) is 2.66. The summed E-state index contributed by atoms with van der Waals surface area (Å²) in [5, 5.41) is 3.53. The van der Waals surface area contributed by atoms with Crippen LogP contribution >= 0.6 is 0 Å². The molecule has 0 spiro atoms. The van der Waals surface area contributed by atoms with Gasteiger partial charge in [0.25, 0.3) is 0 Å². The van der Waals surface area contributed by atoms with Crippen molar-refractivity contribution in [2.45, 2.75) is 26.4 Å². The molecule has 0 saturated carbocycles. The van der Waals surface area contributed by atoms with E-state index in [1.807, 2.05) is 0 Å². The van der Waals surface area contributed by atoms with Crippen LogP contribution in [0.4, 0.5) is 0 Å². The summed E-state index contributed by atoms with van der Waals surface area (Å²) in [5.74, 6) is -0.601. The van der Waals surface area contributed by atoms with Gasteiger partial charge in [0.05, 0.1) is 12.4 Å². The number of carbonyl (C=O) groups is 1. The van der Waals surface area contributed by atoms with E-state index in [1.165, 1.54) is 0 Å². The van der Waals surface area contributed by atoms with E-state index in [1.54, 1.807) is 13.8 Å². The fraction of sp³-hybridized carbons (Fsp3) is 0.778. The van der Waals surface area contributed by atoms with Gasteiger partial charge in [-0.1, -0.05) is 12.1 Å². The van der Waals surface area contributed by atoms with E-state index < -0.39 is 21.9 Å². The van der Waals surface area contributed by atoms with Gasteiger partial charge in [0, 0.05) is 12.2 Å². The summed E-state index contributed by atoms with van der Waals surface area (Å²) in [6.07, 6.45) is -0.373. The van der Waals surface area contributed by atoms with Crippen molar-refractivity contribution in [3.8, 4) is 0 Å². The molecule has 0 saturated heterocycles. The number of sulfone groups is 1. The van der Waals surface area contributed by atoms with Crippen molar-refractivity contribution in [1.82, 2.24) is 0 Å². The lowest BCUT2D eigenvalue weighted by molar-refractivity contribution is -0.135. The Kier molecular flexibility index (Phi) is 4.28. The number of hydrogen-bond donors (Lipinski definition) is 0. The van der Waals surface area contributed by atoms with Gasteiger partial charge < -0.3 is 9.57 Å². The van der Waals surface area contributed by atoms with E-state index in [-0.39, 0.29) is 30.2 Å². The molecule has 1 heterocycles. The van der Waals surface area contributed by atoms with E-state index in [0.29, 0.717) is 0 Å². The summed E-state index contributed by atoms with van der Waals surface area (Å²) in [4.78, 5) is 16.1. The van der Waals surface area contributed by atoms with Crippen LogP contribution in [0.3, 0.4) is 0 Å². The van der Waals surface area contributed by atoms with Crippen molar-refractivity contribution >= 4 is 21.5 Å². The van der Waals surface area contributed by atoms with Crippen molar-refractivity contribution in [2.75, 3.05) is 18.1 Å². The Bertz CT molecular complexity index is 387. The zero-order chi connectivity index (χ0) is 12.2. The summed E-state index contributed by atoms with van der Waals surface area (Å²) >= 11 is 0. The third kappa shape index (κ3) is 3.48. The first-order chi connectivity index (χ1) is 7.48. The lowest BCUT2D eigenvalue weighted by Gasteiger charge is -2.06. The number of hydrogen-bond acceptors (Lipinski definition) is 6. The van der Waals surface area contributed by atoms with Crippen LogP contribution in [0.25, 0.3) is 0 Å². The van der Waals surface area contributed by atoms with Crippen molar-refractivity contribution in [3.63, 3.8) is 0 Å². The van der Waals surface area contributed by atoms with Crippen LogP contribution in [0.2, 0.25) is 0 Å². The van der Waals surface area contributed by atoms with Crippen LogP contribution in [0.5, 0.6) is 0 Å². The number of oxime groups is 1. The highest BCUT2D eigenvalue weighted by molar-refractivity contribution is 7.91. The van der Waals surface area contributed by atoms with Gasteiger partial charge in [0.2, 0.25) is 0 Å². The molecule has 7 heteroatoms. The maximum atomic E-state index is 11.3. The smallest absolute Gasteiger partial charge is 0.356 e. The number of rotatable bonds is 5. The molecule has 0 amide bonds. The maximum Gasteiger partial charge on any atom is 0.356 e. The number of nitrogens with zero attached hydrogens (tertiary/aromatic N) is 1. The third-order valence-corrected chi connectivity index (χ3v) is 3.88. The third-order valence-electron chi connectivity index (χ3n) is 2.12. The summed E-state index contributed by atoms with van der Waals surface area (Å²) in [6, 6.07) is 0. The Morgan fingerprint density at radius 2 is 2.25 bits per heavy atom. The molecular formula is C9H15NO5S. The molecule has 1 rings (SSSR count). The zero-order valence-corrected chi connectivity index (χ0v) is 10.1. The zero-order valence-electron chi connectivity index (χ0n) is 9.30. The first kappa shape index (κ1) is 13.0. The highest BCUT2D eigenvalue weighted by Crippen LogP contribution is 2.14. The van der Waals surface area contributed by atoms with Gasteiger partial charge in [0.15, 0.2) is 15.5 Å². The van der Waals surface area contributed by atoms with Gasteiger partial charge in [-0.25, -0.2) is 13.2 Å². The van der Waals surface area contributed by atoms with Crippen LogP contribution in [0.1, 0.15) is 20.3 Å². The summed E-state index contributed by atoms with van der Waals surface area (Å²) in [5.41, 5.74) is 0.151. The molecule has 0 aromatic carbocycles. The first-order valence-corrected chi connectivity index (χ1v) is 6.91. The monoisotopic (exact) mass is 249 g/mol. The second kappa shape index (κ2) is 5.29. The summed E-state index contributed by atoms with van der Waals surface area (Å²) < 4.78 is 27.4. The normalized spacial score (nSPS) is 20.1. The standard InChI is InChI=1S/C9H15NO5S/c1-3-14-9(11)8-5-7(15-10-8)6-16(12,13)4-2/h7H,3-6H2,1-2H3/t7-/m1/s1. The van der Waals surface area contributed by atoms with E-state index >= 15 is 0 Å². The molecule has 0 aromatic rings. The number of carbonyl (C=O) groups excluding carboxylic acids is 1. The molecule has 0 fully saturated rings. The molecule has 1 aliphatic heterocycles. The second-order valence-corrected chi connectivity index (χ2v) is 5.79. The molecule has 1 aliphatic rings. The second-order valence-electron chi connectivity index (χ2n) is 3.39. The largest absolute Gasteiger partial charge is 0.461 e. The number of esters is 1. The van der Waals surface area contributed by atoms with E-state index in [9.17, 15) is 13.2 Å². The fourth-order valence-electron chi connectivity index (χ4n) is 1.25. The highest BCUT2D eigenvalue weighted by Gasteiger charge is 2.30. The number of ether oxygens (including phenoxy) is 1. The molecule has 1 atom stereocenters. The summed E-state index contributed by atoms with van der Waals surface area (Å²) in [6.45, 7) is 3.51.